The van der Waals surface area contributed by atoms with Crippen molar-refractivity contribution in [3.8, 4) is 28.1 Å². The van der Waals surface area contributed by atoms with Gasteiger partial charge in [0.1, 0.15) is 0 Å². The third-order valence-electron chi connectivity index (χ3n) is 11.5. The number of anilines is 3. The van der Waals surface area contributed by atoms with Crippen molar-refractivity contribution in [3.05, 3.63) is 205 Å². The minimum Gasteiger partial charge on any atom is -0.311 e. The Kier molecular flexibility index (Phi) is 7.90. The van der Waals surface area contributed by atoms with E-state index in [9.17, 15) is 0 Å². The predicted octanol–water partition coefficient (Wildman–Crippen LogP) is 14.5. The topological polar surface area (TPSA) is 34.0 Å². The van der Waals surface area contributed by atoms with Crippen molar-refractivity contribution in [3.63, 3.8) is 0 Å². The quantitative estimate of drug-likeness (QED) is 0.159. The molecule has 0 atom stereocenters. The molecule has 0 saturated heterocycles. The van der Waals surface area contributed by atoms with Crippen molar-refractivity contribution in [1.29, 1.82) is 0 Å². The number of nitrogens with zero attached hydrogens (tertiary/aromatic N) is 4. The molecule has 0 amide bonds. The maximum atomic E-state index is 5.28. The van der Waals surface area contributed by atoms with Gasteiger partial charge in [-0.3, -0.25) is 4.98 Å². The highest BCUT2D eigenvalue weighted by atomic mass is 15.1. The van der Waals surface area contributed by atoms with E-state index in [1.807, 2.05) is 6.20 Å². The van der Waals surface area contributed by atoms with Gasteiger partial charge in [-0.1, -0.05) is 132 Å². The molecule has 0 aliphatic heterocycles. The molecule has 0 bridgehead atoms. The lowest BCUT2D eigenvalue weighted by atomic mass is 9.96. The summed E-state index contributed by atoms with van der Waals surface area (Å²) >= 11 is 0. The van der Waals surface area contributed by atoms with Gasteiger partial charge in [0, 0.05) is 49.9 Å². The van der Waals surface area contributed by atoms with Gasteiger partial charge < -0.3 is 9.47 Å². The van der Waals surface area contributed by atoms with Gasteiger partial charge in [-0.15, -0.1) is 0 Å². The van der Waals surface area contributed by atoms with Crippen molar-refractivity contribution < 1.29 is 0 Å². The molecule has 11 aromatic rings. The first-order valence-electron chi connectivity index (χ1n) is 19.8. The zero-order chi connectivity index (χ0) is 38.7. The summed E-state index contributed by atoms with van der Waals surface area (Å²) in [4.78, 5) is 12.6. The Balaban J connectivity index is 0.957. The van der Waals surface area contributed by atoms with Crippen LogP contribution in [0.3, 0.4) is 0 Å². The first kappa shape index (κ1) is 33.8. The molecule has 0 unspecified atom stereocenters. The standard InChI is InChI=1S/C54H38N4/c1-35-17-28-45-47(31-35)48-32-36(2)18-29-46(48)54-53(45)55-34-50(56-54)38-21-26-43(27-22-38)57(40-11-5-3-6-12-40)42-24-19-37(20-25-42)39-23-30-52-49(33-39)44-15-9-10-16-51(44)58(52)41-13-7-4-8-14-41/h3-34H,1-2H3. The van der Waals surface area contributed by atoms with Crippen LogP contribution in [0.2, 0.25) is 0 Å². The van der Waals surface area contributed by atoms with E-state index >= 15 is 0 Å². The summed E-state index contributed by atoms with van der Waals surface area (Å²) in [6.07, 6.45) is 1.92. The zero-order valence-electron chi connectivity index (χ0n) is 32.3. The Bertz CT molecular complexity index is 3330. The minimum absolute atomic E-state index is 0.854. The first-order chi connectivity index (χ1) is 28.6. The molecule has 0 radical (unpaired) electrons. The van der Waals surface area contributed by atoms with Gasteiger partial charge in [0.15, 0.2) is 0 Å². The van der Waals surface area contributed by atoms with Gasteiger partial charge in [0.2, 0.25) is 0 Å². The van der Waals surface area contributed by atoms with Crippen LogP contribution in [0.25, 0.3) is 82.5 Å². The summed E-state index contributed by atoms with van der Waals surface area (Å²) in [5.41, 5.74) is 15.4. The van der Waals surface area contributed by atoms with E-state index in [0.29, 0.717) is 0 Å². The van der Waals surface area contributed by atoms with E-state index in [1.165, 1.54) is 54.8 Å². The summed E-state index contributed by atoms with van der Waals surface area (Å²) < 4.78 is 2.36. The molecular formula is C54H38N4. The highest BCUT2D eigenvalue weighted by Crippen LogP contribution is 2.40. The average Bonchev–Trinajstić information content (AvgIpc) is 3.61. The lowest BCUT2D eigenvalue weighted by molar-refractivity contribution is 1.18. The van der Waals surface area contributed by atoms with Gasteiger partial charge in [-0.25, -0.2) is 4.98 Å². The molecule has 2 aromatic heterocycles. The van der Waals surface area contributed by atoms with E-state index in [-0.39, 0.29) is 0 Å². The Labute approximate surface area is 336 Å². The predicted molar refractivity (Wildman–Crippen MR) is 244 cm³/mol. The highest BCUT2D eigenvalue weighted by molar-refractivity contribution is 6.23. The Morgan fingerprint density at radius 3 is 1.64 bits per heavy atom. The lowest BCUT2D eigenvalue weighted by Gasteiger charge is -2.26. The number of rotatable bonds is 6. The van der Waals surface area contributed by atoms with Crippen molar-refractivity contribution in [2.75, 3.05) is 4.90 Å². The number of hydrogen-bond donors (Lipinski definition) is 0. The molecule has 11 rings (SSSR count). The van der Waals surface area contributed by atoms with Crippen LogP contribution in [-0.2, 0) is 0 Å². The van der Waals surface area contributed by atoms with E-state index in [4.69, 9.17) is 9.97 Å². The highest BCUT2D eigenvalue weighted by Gasteiger charge is 2.17. The number of benzene rings is 9. The smallest absolute Gasteiger partial charge is 0.0979 e. The van der Waals surface area contributed by atoms with Gasteiger partial charge in [-0.2, -0.15) is 0 Å². The van der Waals surface area contributed by atoms with Crippen LogP contribution < -0.4 is 4.90 Å². The molecule has 58 heavy (non-hydrogen) atoms. The number of para-hydroxylation sites is 3. The van der Waals surface area contributed by atoms with Crippen molar-refractivity contribution in [2.45, 2.75) is 13.8 Å². The summed E-state index contributed by atoms with van der Waals surface area (Å²) in [5.74, 6) is 0. The fraction of sp³-hybridized carbons (Fsp3) is 0.0370. The number of fused-ring (bicyclic) bond motifs is 9. The minimum atomic E-state index is 0.854. The van der Waals surface area contributed by atoms with Gasteiger partial charge in [0.25, 0.3) is 0 Å². The molecule has 0 saturated carbocycles. The number of aromatic nitrogens is 3. The fourth-order valence-electron chi connectivity index (χ4n) is 8.70. The summed E-state index contributed by atoms with van der Waals surface area (Å²) in [6.45, 7) is 4.29. The first-order valence-corrected chi connectivity index (χ1v) is 19.8. The van der Waals surface area contributed by atoms with E-state index < -0.39 is 0 Å². The maximum absolute atomic E-state index is 5.28. The van der Waals surface area contributed by atoms with Crippen LogP contribution in [0.15, 0.2) is 194 Å². The van der Waals surface area contributed by atoms with E-state index in [1.54, 1.807) is 0 Å². The van der Waals surface area contributed by atoms with Crippen molar-refractivity contribution in [1.82, 2.24) is 14.5 Å². The second kappa shape index (κ2) is 13.6. The monoisotopic (exact) mass is 742 g/mol. The van der Waals surface area contributed by atoms with Gasteiger partial charge in [0.05, 0.1) is 34.0 Å². The maximum Gasteiger partial charge on any atom is 0.0979 e. The molecule has 0 fully saturated rings. The average molecular weight is 743 g/mol. The van der Waals surface area contributed by atoms with Gasteiger partial charge >= 0.3 is 0 Å². The van der Waals surface area contributed by atoms with Crippen LogP contribution in [0.4, 0.5) is 17.1 Å². The third kappa shape index (κ3) is 5.61. The molecule has 0 N–H and O–H groups in total. The normalized spacial score (nSPS) is 11.6. The zero-order valence-corrected chi connectivity index (χ0v) is 32.3. The number of aryl methyl sites for hydroxylation is 2. The lowest BCUT2D eigenvalue weighted by Crippen LogP contribution is -2.09. The molecule has 0 aliphatic rings. The molecule has 4 nitrogen and oxygen atoms in total. The number of hydrogen-bond acceptors (Lipinski definition) is 3. The summed E-state index contributed by atoms with van der Waals surface area (Å²) in [6, 6.07) is 67.6. The fourth-order valence-corrected chi connectivity index (χ4v) is 8.70. The second-order valence-corrected chi connectivity index (χ2v) is 15.2. The molecule has 9 aromatic carbocycles. The van der Waals surface area contributed by atoms with Crippen LogP contribution in [-0.4, -0.2) is 14.5 Å². The molecule has 2 heterocycles. The molecule has 0 spiro atoms. The molecular weight excluding hydrogens is 705 g/mol. The SMILES string of the molecule is Cc1ccc2c(c1)c1cc(C)ccc1c1nc(-c3ccc(N(c4ccccc4)c4ccc(-c5ccc6c(c5)c5ccccc5n6-c5ccccc5)cc4)cc3)cnc21. The van der Waals surface area contributed by atoms with Crippen LogP contribution in [0.1, 0.15) is 11.1 Å². The van der Waals surface area contributed by atoms with Gasteiger partial charge in [-0.05, 0) is 102 Å². The van der Waals surface area contributed by atoms with E-state index in [2.05, 4.69) is 211 Å². The molecule has 274 valence electrons. The van der Waals surface area contributed by atoms with Crippen LogP contribution in [0.5, 0.6) is 0 Å². The summed E-state index contributed by atoms with van der Waals surface area (Å²) in [5, 5.41) is 7.19. The Hall–Kier alpha value is -7.56. The largest absolute Gasteiger partial charge is 0.311 e. The summed E-state index contributed by atoms with van der Waals surface area (Å²) in [7, 11) is 0. The van der Waals surface area contributed by atoms with Crippen LogP contribution >= 0.6 is 0 Å². The second-order valence-electron chi connectivity index (χ2n) is 15.2. The van der Waals surface area contributed by atoms with Crippen molar-refractivity contribution in [2.24, 2.45) is 0 Å². The molecule has 4 heteroatoms. The van der Waals surface area contributed by atoms with Crippen molar-refractivity contribution >= 4 is 71.4 Å². The third-order valence-corrected chi connectivity index (χ3v) is 11.5. The van der Waals surface area contributed by atoms with Crippen LogP contribution in [0, 0.1) is 13.8 Å². The Morgan fingerprint density at radius 2 is 0.948 bits per heavy atom. The van der Waals surface area contributed by atoms with E-state index in [0.717, 1.165) is 55.8 Å². The molecule has 0 aliphatic carbocycles. The Morgan fingerprint density at radius 1 is 0.397 bits per heavy atom.